The topological polar surface area (TPSA) is 111 Å². The molecule has 3 rings (SSSR count). The fourth-order valence-electron chi connectivity index (χ4n) is 2.59. The molecule has 1 N–H and O–H groups in total. The van der Waals surface area contributed by atoms with E-state index in [1.165, 1.54) is 7.11 Å². The fraction of sp³-hybridized carbons (Fsp3) is 0.211. The molecule has 0 saturated heterocycles. The Hall–Kier alpha value is -3.20. The number of amides is 1. The lowest BCUT2D eigenvalue weighted by Crippen LogP contribution is -2.24. The number of rotatable bonds is 7. The van der Waals surface area contributed by atoms with Gasteiger partial charge in [0.1, 0.15) is 17.3 Å². The van der Waals surface area contributed by atoms with Crippen molar-refractivity contribution in [3.8, 4) is 17.1 Å². The van der Waals surface area contributed by atoms with Crippen molar-refractivity contribution >= 4 is 21.4 Å². The average Bonchev–Trinajstić information content (AvgIpc) is 3.09. The first kappa shape index (κ1) is 19.6. The highest BCUT2D eigenvalue weighted by atomic mass is 32.2. The van der Waals surface area contributed by atoms with E-state index in [9.17, 15) is 13.2 Å². The van der Waals surface area contributed by atoms with E-state index in [4.69, 9.17) is 9.26 Å². The third-order valence-corrected chi connectivity index (χ3v) is 5.21. The van der Waals surface area contributed by atoms with E-state index in [1.54, 1.807) is 30.3 Å². The zero-order valence-corrected chi connectivity index (χ0v) is 16.2. The molecular formula is C19H19N3O5S. The van der Waals surface area contributed by atoms with Gasteiger partial charge in [-0.25, -0.2) is 8.42 Å². The van der Waals surface area contributed by atoms with Gasteiger partial charge in [-0.15, -0.1) is 0 Å². The normalized spacial score (nSPS) is 11.2. The van der Waals surface area contributed by atoms with Crippen LogP contribution in [0.1, 0.15) is 11.5 Å². The summed E-state index contributed by atoms with van der Waals surface area (Å²) in [5.74, 6) is -1.25. The number of hydrogen-bond donors (Lipinski definition) is 1. The number of ether oxygens (including phenoxy) is 1. The Labute approximate surface area is 162 Å². The van der Waals surface area contributed by atoms with Crippen molar-refractivity contribution in [2.45, 2.75) is 12.7 Å². The Morgan fingerprint density at radius 3 is 2.71 bits per heavy atom. The Kier molecular flexibility index (Phi) is 5.74. The highest BCUT2D eigenvalue weighted by Gasteiger charge is 2.22. The summed E-state index contributed by atoms with van der Waals surface area (Å²) >= 11 is 0. The summed E-state index contributed by atoms with van der Waals surface area (Å²) in [6.07, 6.45) is 0. The SMILES string of the molecule is COc1ccccc1NC(=O)CS(=O)(=O)Cc1nc(-c2cccc(C)c2)no1. The van der Waals surface area contributed by atoms with E-state index < -0.39 is 27.3 Å². The van der Waals surface area contributed by atoms with Crippen molar-refractivity contribution in [3.05, 3.63) is 60.0 Å². The molecule has 2 aromatic carbocycles. The first-order chi connectivity index (χ1) is 13.4. The number of carbonyl (C=O) groups excluding carboxylic acids is 1. The number of hydrogen-bond acceptors (Lipinski definition) is 7. The minimum Gasteiger partial charge on any atom is -0.495 e. The van der Waals surface area contributed by atoms with Crippen molar-refractivity contribution in [2.75, 3.05) is 18.2 Å². The maximum absolute atomic E-state index is 12.3. The summed E-state index contributed by atoms with van der Waals surface area (Å²) in [5, 5.41) is 6.34. The molecule has 0 atom stereocenters. The lowest BCUT2D eigenvalue weighted by atomic mass is 10.1. The average molecular weight is 401 g/mol. The number of para-hydroxylation sites is 2. The predicted octanol–water partition coefficient (Wildman–Crippen LogP) is 2.61. The Bertz CT molecular complexity index is 1090. The largest absolute Gasteiger partial charge is 0.495 e. The van der Waals surface area contributed by atoms with Gasteiger partial charge in [-0.2, -0.15) is 4.98 Å². The Morgan fingerprint density at radius 1 is 1.18 bits per heavy atom. The van der Waals surface area contributed by atoms with Crippen LogP contribution < -0.4 is 10.1 Å². The van der Waals surface area contributed by atoms with Crippen LogP contribution >= 0.6 is 0 Å². The summed E-state index contributed by atoms with van der Waals surface area (Å²) < 4.78 is 34.8. The first-order valence-electron chi connectivity index (χ1n) is 8.39. The van der Waals surface area contributed by atoms with Crippen LogP contribution in [0.3, 0.4) is 0 Å². The number of carbonyl (C=O) groups is 1. The molecule has 0 aliphatic rings. The van der Waals surface area contributed by atoms with Gasteiger partial charge in [0.15, 0.2) is 9.84 Å². The Morgan fingerprint density at radius 2 is 1.96 bits per heavy atom. The zero-order chi connectivity index (χ0) is 20.1. The van der Waals surface area contributed by atoms with E-state index in [2.05, 4.69) is 15.5 Å². The second-order valence-electron chi connectivity index (χ2n) is 6.16. The molecule has 0 radical (unpaired) electrons. The highest BCUT2D eigenvalue weighted by Crippen LogP contribution is 2.23. The van der Waals surface area contributed by atoms with E-state index in [0.717, 1.165) is 11.1 Å². The minimum atomic E-state index is -3.80. The third-order valence-electron chi connectivity index (χ3n) is 3.82. The van der Waals surface area contributed by atoms with Crippen LogP contribution in [0.4, 0.5) is 5.69 Å². The molecule has 9 heteroatoms. The van der Waals surface area contributed by atoms with Crippen molar-refractivity contribution in [1.29, 1.82) is 0 Å². The number of nitrogens with one attached hydrogen (secondary N) is 1. The lowest BCUT2D eigenvalue weighted by molar-refractivity contribution is -0.113. The van der Waals surface area contributed by atoms with Crippen molar-refractivity contribution < 1.29 is 22.5 Å². The maximum Gasteiger partial charge on any atom is 0.242 e. The molecule has 0 unspecified atom stereocenters. The van der Waals surface area contributed by atoms with Gasteiger partial charge in [0, 0.05) is 5.56 Å². The van der Waals surface area contributed by atoms with Crippen molar-refractivity contribution in [2.24, 2.45) is 0 Å². The van der Waals surface area contributed by atoms with E-state index >= 15 is 0 Å². The van der Waals surface area contributed by atoms with Crippen LogP contribution in [0.5, 0.6) is 5.75 Å². The van der Waals surface area contributed by atoms with Crippen LogP contribution in [0.15, 0.2) is 53.1 Å². The second kappa shape index (κ2) is 8.22. The van der Waals surface area contributed by atoms with E-state index in [-0.39, 0.29) is 5.89 Å². The highest BCUT2D eigenvalue weighted by molar-refractivity contribution is 7.91. The molecule has 0 spiro atoms. The van der Waals surface area contributed by atoms with Gasteiger partial charge >= 0.3 is 0 Å². The molecular weight excluding hydrogens is 382 g/mol. The second-order valence-corrected chi connectivity index (χ2v) is 8.23. The zero-order valence-electron chi connectivity index (χ0n) is 15.4. The number of aromatic nitrogens is 2. The fourth-order valence-corrected chi connectivity index (χ4v) is 3.66. The summed E-state index contributed by atoms with van der Waals surface area (Å²) in [4.78, 5) is 16.3. The molecule has 1 amide bonds. The number of benzene rings is 2. The molecule has 3 aromatic rings. The van der Waals surface area contributed by atoms with Gasteiger partial charge in [-0.3, -0.25) is 4.79 Å². The van der Waals surface area contributed by atoms with Crippen LogP contribution in [0.2, 0.25) is 0 Å². The number of aryl methyl sites for hydroxylation is 1. The summed E-state index contributed by atoms with van der Waals surface area (Å²) in [6.45, 7) is 1.93. The van der Waals surface area contributed by atoms with Gasteiger partial charge in [-0.1, -0.05) is 41.1 Å². The van der Waals surface area contributed by atoms with Crippen molar-refractivity contribution in [1.82, 2.24) is 10.1 Å². The molecule has 0 bridgehead atoms. The quantitative estimate of drug-likeness (QED) is 0.648. The molecule has 0 aliphatic heterocycles. The summed E-state index contributed by atoms with van der Waals surface area (Å²) in [7, 11) is -2.34. The van der Waals surface area contributed by atoms with Crippen LogP contribution in [-0.4, -0.2) is 37.3 Å². The summed E-state index contributed by atoms with van der Waals surface area (Å²) in [6, 6.07) is 14.2. The lowest BCUT2D eigenvalue weighted by Gasteiger charge is -2.09. The Balaban J connectivity index is 1.66. The van der Waals surface area contributed by atoms with Gasteiger partial charge in [0.25, 0.3) is 0 Å². The molecule has 0 fully saturated rings. The molecule has 28 heavy (non-hydrogen) atoms. The first-order valence-corrected chi connectivity index (χ1v) is 10.2. The molecule has 0 saturated carbocycles. The number of nitrogens with zero attached hydrogens (tertiary/aromatic N) is 2. The number of methoxy groups -OCH3 is 1. The number of anilines is 1. The molecule has 146 valence electrons. The van der Waals surface area contributed by atoms with E-state index in [1.807, 2.05) is 25.1 Å². The standard InChI is InChI=1S/C19H19N3O5S/c1-13-6-5-7-14(10-13)19-21-18(27-22-19)12-28(24,25)11-17(23)20-15-8-3-4-9-16(15)26-2/h3-10H,11-12H2,1-2H3,(H,20,23). The van der Waals surface area contributed by atoms with Gasteiger partial charge in [0.2, 0.25) is 17.6 Å². The minimum absolute atomic E-state index is 0.0680. The molecule has 8 nitrogen and oxygen atoms in total. The van der Waals surface area contributed by atoms with Gasteiger partial charge < -0.3 is 14.6 Å². The van der Waals surface area contributed by atoms with Crippen LogP contribution in [0, 0.1) is 6.92 Å². The van der Waals surface area contributed by atoms with Gasteiger partial charge in [-0.05, 0) is 25.1 Å². The van der Waals surface area contributed by atoms with Crippen LogP contribution in [-0.2, 0) is 20.4 Å². The van der Waals surface area contributed by atoms with E-state index in [0.29, 0.717) is 17.3 Å². The molecule has 0 aliphatic carbocycles. The van der Waals surface area contributed by atoms with Crippen molar-refractivity contribution in [3.63, 3.8) is 0 Å². The number of sulfone groups is 1. The smallest absolute Gasteiger partial charge is 0.242 e. The van der Waals surface area contributed by atoms with Gasteiger partial charge in [0.05, 0.1) is 12.8 Å². The summed E-state index contributed by atoms with van der Waals surface area (Å²) in [5.41, 5.74) is 2.13. The monoisotopic (exact) mass is 401 g/mol. The molecule has 1 aromatic heterocycles. The van der Waals surface area contributed by atoms with Crippen LogP contribution in [0.25, 0.3) is 11.4 Å². The third kappa shape index (κ3) is 4.95. The molecule has 1 heterocycles. The maximum atomic E-state index is 12.3. The predicted molar refractivity (Wildman–Crippen MR) is 104 cm³/mol.